The van der Waals surface area contributed by atoms with Gasteiger partial charge in [0, 0.05) is 10.7 Å². The molecule has 0 spiro atoms. The molecule has 1 aliphatic heterocycles. The summed E-state index contributed by atoms with van der Waals surface area (Å²) in [5.74, 6) is 0. The van der Waals surface area contributed by atoms with Gasteiger partial charge in [-0.05, 0) is 18.2 Å². The lowest BCUT2D eigenvalue weighted by Crippen LogP contribution is -2.35. The first-order valence-electron chi connectivity index (χ1n) is 4.67. The van der Waals surface area contributed by atoms with E-state index in [1.165, 1.54) is 0 Å². The van der Waals surface area contributed by atoms with Gasteiger partial charge >= 0.3 is 12.1 Å². The number of nitrogens with zero attached hydrogens (tertiary/aromatic N) is 1. The minimum absolute atomic E-state index is 0.238. The van der Waals surface area contributed by atoms with Crippen molar-refractivity contribution in [1.82, 2.24) is 4.90 Å². The lowest BCUT2D eigenvalue weighted by molar-refractivity contribution is 0.161. The van der Waals surface area contributed by atoms with Gasteiger partial charge in [0.25, 0.3) is 0 Å². The Kier molecular flexibility index (Phi) is 2.96. The molecule has 1 aromatic carbocycles. The number of hydrogen-bond donors (Lipinski definition) is 1. The highest BCUT2D eigenvalue weighted by Gasteiger charge is 2.28. The highest BCUT2D eigenvalue weighted by atomic mass is 35.5. The van der Waals surface area contributed by atoms with E-state index in [-0.39, 0.29) is 13.2 Å². The number of carbonyl (C=O) groups excluding carboxylic acids is 2. The van der Waals surface area contributed by atoms with Crippen LogP contribution in [0.3, 0.4) is 0 Å². The number of halogens is 1. The third kappa shape index (κ3) is 2.25. The van der Waals surface area contributed by atoms with Crippen LogP contribution in [0, 0.1) is 0 Å². The number of benzene rings is 1. The first-order chi connectivity index (χ1) is 7.66. The first-order valence-corrected chi connectivity index (χ1v) is 5.05. The lowest BCUT2D eigenvalue weighted by atomic mass is 10.3. The Balaban J connectivity index is 2.04. The minimum atomic E-state index is -0.625. The quantitative estimate of drug-likeness (QED) is 0.820. The topological polar surface area (TPSA) is 58.6 Å². The fourth-order valence-electron chi connectivity index (χ4n) is 1.34. The monoisotopic (exact) mass is 240 g/mol. The van der Waals surface area contributed by atoms with Gasteiger partial charge < -0.3 is 10.1 Å². The Bertz CT molecular complexity index is 436. The van der Waals surface area contributed by atoms with Crippen LogP contribution in [0.25, 0.3) is 0 Å². The number of rotatable bonds is 1. The van der Waals surface area contributed by atoms with Crippen LogP contribution < -0.4 is 5.32 Å². The molecular weight excluding hydrogens is 232 g/mol. The predicted octanol–water partition coefficient (Wildman–Crippen LogP) is 2.32. The number of imide groups is 1. The van der Waals surface area contributed by atoms with E-state index in [0.717, 1.165) is 4.90 Å². The molecule has 5 nitrogen and oxygen atoms in total. The maximum atomic E-state index is 11.6. The van der Waals surface area contributed by atoms with Crippen molar-refractivity contribution in [2.24, 2.45) is 0 Å². The van der Waals surface area contributed by atoms with Crippen LogP contribution in [0.1, 0.15) is 0 Å². The number of amides is 3. The van der Waals surface area contributed by atoms with Gasteiger partial charge in [-0.2, -0.15) is 0 Å². The average molecular weight is 241 g/mol. The van der Waals surface area contributed by atoms with Gasteiger partial charge in [-0.15, -0.1) is 0 Å². The van der Waals surface area contributed by atoms with Crippen LogP contribution in [0.5, 0.6) is 0 Å². The Morgan fingerprint density at radius 3 is 2.94 bits per heavy atom. The molecule has 0 radical (unpaired) electrons. The second kappa shape index (κ2) is 4.40. The first kappa shape index (κ1) is 10.8. The summed E-state index contributed by atoms with van der Waals surface area (Å²) in [6, 6.07) is 6.18. The van der Waals surface area contributed by atoms with E-state index in [9.17, 15) is 9.59 Å². The van der Waals surface area contributed by atoms with E-state index in [1.54, 1.807) is 24.3 Å². The van der Waals surface area contributed by atoms with Crippen molar-refractivity contribution >= 4 is 29.4 Å². The summed E-state index contributed by atoms with van der Waals surface area (Å²) in [7, 11) is 0. The molecule has 1 fully saturated rings. The molecule has 84 valence electrons. The highest BCUT2D eigenvalue weighted by Crippen LogP contribution is 2.16. The van der Waals surface area contributed by atoms with E-state index in [0.29, 0.717) is 10.7 Å². The average Bonchev–Trinajstić information content (AvgIpc) is 2.64. The van der Waals surface area contributed by atoms with Gasteiger partial charge in [0.1, 0.15) is 6.61 Å². The number of urea groups is 1. The predicted molar refractivity (Wildman–Crippen MR) is 58.5 cm³/mol. The molecular formula is C10H9ClN2O3. The van der Waals surface area contributed by atoms with E-state index >= 15 is 0 Å². The highest BCUT2D eigenvalue weighted by molar-refractivity contribution is 6.30. The molecule has 0 atom stereocenters. The molecule has 0 saturated carbocycles. The summed E-state index contributed by atoms with van der Waals surface area (Å²) >= 11 is 5.76. The smallest absolute Gasteiger partial charge is 0.418 e. The van der Waals surface area contributed by atoms with E-state index < -0.39 is 12.1 Å². The molecule has 1 aliphatic rings. The van der Waals surface area contributed by atoms with E-state index in [4.69, 9.17) is 11.6 Å². The van der Waals surface area contributed by atoms with Crippen molar-refractivity contribution in [1.29, 1.82) is 0 Å². The number of ether oxygens (including phenoxy) is 1. The van der Waals surface area contributed by atoms with Gasteiger partial charge in [-0.1, -0.05) is 17.7 Å². The van der Waals surface area contributed by atoms with Crippen LogP contribution in [0.15, 0.2) is 24.3 Å². The fraction of sp³-hybridized carbons (Fsp3) is 0.200. The molecule has 1 saturated heterocycles. The van der Waals surface area contributed by atoms with Gasteiger partial charge in [0.2, 0.25) is 0 Å². The maximum absolute atomic E-state index is 11.6. The summed E-state index contributed by atoms with van der Waals surface area (Å²) in [4.78, 5) is 23.7. The molecule has 3 amide bonds. The van der Waals surface area contributed by atoms with Crippen LogP contribution in [0.2, 0.25) is 5.02 Å². The minimum Gasteiger partial charge on any atom is -0.447 e. The second-order valence-corrected chi connectivity index (χ2v) is 3.64. The summed E-state index contributed by atoms with van der Waals surface area (Å²) in [5, 5.41) is 3.07. The molecule has 6 heteroatoms. The van der Waals surface area contributed by atoms with E-state index in [1.807, 2.05) is 0 Å². The van der Waals surface area contributed by atoms with Crippen LogP contribution >= 0.6 is 11.6 Å². The molecule has 0 bridgehead atoms. The molecule has 16 heavy (non-hydrogen) atoms. The number of hydrogen-bond acceptors (Lipinski definition) is 3. The Morgan fingerprint density at radius 2 is 2.31 bits per heavy atom. The normalized spacial score (nSPS) is 14.8. The second-order valence-electron chi connectivity index (χ2n) is 3.21. The van der Waals surface area contributed by atoms with Gasteiger partial charge in [-0.3, -0.25) is 0 Å². The van der Waals surface area contributed by atoms with Crippen LogP contribution in [-0.4, -0.2) is 30.2 Å². The van der Waals surface area contributed by atoms with Crippen molar-refractivity contribution in [3.05, 3.63) is 29.3 Å². The van der Waals surface area contributed by atoms with Crippen molar-refractivity contribution < 1.29 is 14.3 Å². The SMILES string of the molecule is O=C(Nc1cccc(Cl)c1)N1CCOC1=O. The molecule has 0 aliphatic carbocycles. The van der Waals surface area contributed by atoms with Gasteiger partial charge in [-0.25, -0.2) is 14.5 Å². The maximum Gasteiger partial charge on any atom is 0.418 e. The largest absolute Gasteiger partial charge is 0.447 e. The van der Waals surface area contributed by atoms with Crippen LogP contribution in [-0.2, 0) is 4.74 Å². The number of carbonyl (C=O) groups is 2. The zero-order chi connectivity index (χ0) is 11.5. The molecule has 2 rings (SSSR count). The molecule has 0 unspecified atom stereocenters. The standard InChI is InChI=1S/C10H9ClN2O3/c11-7-2-1-3-8(6-7)12-9(14)13-4-5-16-10(13)15/h1-3,6H,4-5H2,(H,12,14). The van der Waals surface area contributed by atoms with Crippen molar-refractivity contribution in [3.63, 3.8) is 0 Å². The lowest BCUT2D eigenvalue weighted by Gasteiger charge is -2.12. The Hall–Kier alpha value is -1.75. The number of anilines is 1. The van der Waals surface area contributed by atoms with Crippen molar-refractivity contribution in [3.8, 4) is 0 Å². The van der Waals surface area contributed by atoms with Gasteiger partial charge in [0.15, 0.2) is 0 Å². The fourth-order valence-corrected chi connectivity index (χ4v) is 1.53. The summed E-state index contributed by atoms with van der Waals surface area (Å²) in [5.41, 5.74) is 0.539. The number of nitrogens with one attached hydrogen (secondary N) is 1. The molecule has 1 aromatic rings. The van der Waals surface area contributed by atoms with Crippen molar-refractivity contribution in [2.45, 2.75) is 0 Å². The van der Waals surface area contributed by atoms with Crippen LogP contribution in [0.4, 0.5) is 15.3 Å². The summed E-state index contributed by atoms with van der Waals surface area (Å²) < 4.78 is 4.65. The summed E-state index contributed by atoms with van der Waals surface area (Å²) in [6.45, 7) is 0.507. The Labute approximate surface area is 96.9 Å². The number of cyclic esters (lactones) is 1. The van der Waals surface area contributed by atoms with E-state index in [2.05, 4.69) is 10.1 Å². The summed E-state index contributed by atoms with van der Waals surface area (Å²) in [6.07, 6.45) is -0.625. The zero-order valence-electron chi connectivity index (χ0n) is 8.27. The third-order valence-electron chi connectivity index (χ3n) is 2.08. The van der Waals surface area contributed by atoms with Gasteiger partial charge in [0.05, 0.1) is 6.54 Å². The van der Waals surface area contributed by atoms with Crippen molar-refractivity contribution in [2.75, 3.05) is 18.5 Å². The third-order valence-corrected chi connectivity index (χ3v) is 2.32. The molecule has 0 aromatic heterocycles. The molecule has 1 N–H and O–H groups in total. The zero-order valence-corrected chi connectivity index (χ0v) is 9.03. The molecule has 1 heterocycles. The Morgan fingerprint density at radius 1 is 1.50 bits per heavy atom.